The molecular formula is C14H21FN2O. The number of benzene rings is 1. The molecule has 3 nitrogen and oxygen atoms in total. The lowest BCUT2D eigenvalue weighted by atomic mass is 10.0. The summed E-state index contributed by atoms with van der Waals surface area (Å²) in [5.41, 5.74) is 8.23. The van der Waals surface area contributed by atoms with Crippen molar-refractivity contribution in [2.75, 3.05) is 31.3 Å². The lowest BCUT2D eigenvalue weighted by molar-refractivity contribution is 0.273. The van der Waals surface area contributed by atoms with Gasteiger partial charge in [-0.05, 0) is 37.5 Å². The second-order valence-corrected chi connectivity index (χ2v) is 4.86. The fourth-order valence-corrected chi connectivity index (χ4v) is 2.37. The van der Waals surface area contributed by atoms with Crippen LogP contribution in [0.4, 0.5) is 10.1 Å². The number of nitrogens with zero attached hydrogens (tertiary/aromatic N) is 1. The molecule has 1 aliphatic rings. The van der Waals surface area contributed by atoms with Crippen molar-refractivity contribution in [1.29, 1.82) is 0 Å². The number of hydrogen-bond donors (Lipinski definition) is 1. The van der Waals surface area contributed by atoms with Crippen LogP contribution in [0.3, 0.4) is 0 Å². The van der Waals surface area contributed by atoms with E-state index in [1.807, 2.05) is 19.1 Å². The Morgan fingerprint density at radius 2 is 2.33 bits per heavy atom. The van der Waals surface area contributed by atoms with E-state index in [1.54, 1.807) is 0 Å². The number of hydrogen-bond acceptors (Lipinski definition) is 3. The van der Waals surface area contributed by atoms with Crippen LogP contribution in [0, 0.1) is 6.92 Å². The largest absolute Gasteiger partial charge is 0.489 e. The van der Waals surface area contributed by atoms with Gasteiger partial charge in [-0.1, -0.05) is 6.07 Å². The van der Waals surface area contributed by atoms with Gasteiger partial charge in [0.1, 0.15) is 19.0 Å². The molecular weight excluding hydrogens is 231 g/mol. The molecule has 1 fully saturated rings. The van der Waals surface area contributed by atoms with Gasteiger partial charge in [0.15, 0.2) is 0 Å². The van der Waals surface area contributed by atoms with Crippen LogP contribution in [-0.2, 0) is 0 Å². The highest BCUT2D eigenvalue weighted by molar-refractivity contribution is 5.60. The molecule has 1 saturated heterocycles. The van der Waals surface area contributed by atoms with E-state index < -0.39 is 6.67 Å². The molecule has 2 N–H and O–H groups in total. The summed E-state index contributed by atoms with van der Waals surface area (Å²) in [4.78, 5) is 2.24. The fourth-order valence-electron chi connectivity index (χ4n) is 2.37. The zero-order chi connectivity index (χ0) is 13.0. The van der Waals surface area contributed by atoms with Crippen LogP contribution in [0.25, 0.3) is 0 Å². The Kier molecular flexibility index (Phi) is 4.42. The standard InChI is InChI=1S/C14H21FN2O/c1-11-4-5-14(18-8-6-15)13(9-11)17-7-2-3-12(16)10-17/h4-5,9,12H,2-3,6-8,10,16H2,1H3. The number of nitrogens with two attached hydrogens (primary N) is 1. The van der Waals surface area contributed by atoms with Crippen molar-refractivity contribution >= 4 is 5.69 Å². The maximum Gasteiger partial charge on any atom is 0.142 e. The molecule has 0 aromatic heterocycles. The predicted molar refractivity (Wildman–Crippen MR) is 72.1 cm³/mol. The monoisotopic (exact) mass is 252 g/mol. The molecule has 18 heavy (non-hydrogen) atoms. The van der Waals surface area contributed by atoms with E-state index in [1.165, 1.54) is 5.56 Å². The molecule has 0 radical (unpaired) electrons. The Morgan fingerprint density at radius 1 is 1.50 bits per heavy atom. The minimum Gasteiger partial charge on any atom is -0.489 e. The summed E-state index contributed by atoms with van der Waals surface area (Å²) in [7, 11) is 0. The number of piperidine rings is 1. The Hall–Kier alpha value is -1.29. The number of halogens is 1. The van der Waals surface area contributed by atoms with Crippen molar-refractivity contribution in [3.63, 3.8) is 0 Å². The Balaban J connectivity index is 2.20. The summed E-state index contributed by atoms with van der Waals surface area (Å²) in [6, 6.07) is 6.21. The minimum atomic E-state index is -0.465. The van der Waals surface area contributed by atoms with E-state index in [-0.39, 0.29) is 12.6 Å². The van der Waals surface area contributed by atoms with Gasteiger partial charge in [0.2, 0.25) is 0 Å². The molecule has 2 rings (SSSR count). The molecule has 4 heteroatoms. The first-order valence-corrected chi connectivity index (χ1v) is 6.50. The first-order valence-electron chi connectivity index (χ1n) is 6.50. The van der Waals surface area contributed by atoms with E-state index in [2.05, 4.69) is 11.0 Å². The molecule has 0 bridgehead atoms. The van der Waals surface area contributed by atoms with Gasteiger partial charge in [0.25, 0.3) is 0 Å². The van der Waals surface area contributed by atoms with Crippen LogP contribution in [-0.4, -0.2) is 32.4 Å². The molecule has 1 aliphatic heterocycles. The highest BCUT2D eigenvalue weighted by Crippen LogP contribution is 2.31. The molecule has 0 saturated carbocycles. The van der Waals surface area contributed by atoms with Crippen molar-refractivity contribution in [1.82, 2.24) is 0 Å². The fraction of sp³-hybridized carbons (Fsp3) is 0.571. The van der Waals surface area contributed by atoms with Gasteiger partial charge in [-0.15, -0.1) is 0 Å². The number of alkyl halides is 1. The number of rotatable bonds is 4. The summed E-state index contributed by atoms with van der Waals surface area (Å²) >= 11 is 0. The summed E-state index contributed by atoms with van der Waals surface area (Å²) < 4.78 is 17.7. The summed E-state index contributed by atoms with van der Waals surface area (Å²) in [6.07, 6.45) is 2.17. The van der Waals surface area contributed by atoms with Gasteiger partial charge in [0, 0.05) is 19.1 Å². The van der Waals surface area contributed by atoms with Crippen molar-refractivity contribution < 1.29 is 9.13 Å². The second kappa shape index (κ2) is 6.05. The highest BCUT2D eigenvalue weighted by Gasteiger charge is 2.19. The lowest BCUT2D eigenvalue weighted by Crippen LogP contribution is -2.43. The van der Waals surface area contributed by atoms with Crippen molar-refractivity contribution in [2.24, 2.45) is 5.73 Å². The highest BCUT2D eigenvalue weighted by atomic mass is 19.1. The first-order chi connectivity index (χ1) is 8.70. The zero-order valence-electron chi connectivity index (χ0n) is 10.9. The van der Waals surface area contributed by atoms with Crippen molar-refractivity contribution in [3.05, 3.63) is 23.8 Å². The molecule has 1 aromatic rings. The van der Waals surface area contributed by atoms with Gasteiger partial charge in [-0.25, -0.2) is 4.39 Å². The maximum absolute atomic E-state index is 12.2. The third-order valence-corrected chi connectivity index (χ3v) is 3.25. The topological polar surface area (TPSA) is 38.5 Å². The summed E-state index contributed by atoms with van der Waals surface area (Å²) in [5, 5.41) is 0. The summed E-state index contributed by atoms with van der Waals surface area (Å²) in [5.74, 6) is 0.757. The van der Waals surface area contributed by atoms with Crippen LogP contribution in [0.1, 0.15) is 18.4 Å². The first kappa shape index (κ1) is 13.1. The van der Waals surface area contributed by atoms with Gasteiger partial charge >= 0.3 is 0 Å². The van der Waals surface area contributed by atoms with Crippen molar-refractivity contribution in [2.45, 2.75) is 25.8 Å². The molecule has 1 unspecified atom stereocenters. The number of ether oxygens (including phenoxy) is 1. The lowest BCUT2D eigenvalue weighted by Gasteiger charge is -2.33. The van der Waals surface area contributed by atoms with E-state index in [0.29, 0.717) is 0 Å². The molecule has 0 amide bonds. The third-order valence-electron chi connectivity index (χ3n) is 3.25. The van der Waals surface area contributed by atoms with E-state index >= 15 is 0 Å². The molecule has 1 aromatic carbocycles. The number of anilines is 1. The summed E-state index contributed by atoms with van der Waals surface area (Å²) in [6.45, 7) is 3.52. The average molecular weight is 252 g/mol. The van der Waals surface area contributed by atoms with Gasteiger partial charge in [-0.2, -0.15) is 0 Å². The third kappa shape index (κ3) is 3.13. The Bertz CT molecular complexity index is 397. The smallest absolute Gasteiger partial charge is 0.142 e. The number of aryl methyl sites for hydroxylation is 1. The zero-order valence-corrected chi connectivity index (χ0v) is 10.9. The normalized spacial score (nSPS) is 19.9. The Labute approximate surface area is 108 Å². The molecule has 100 valence electrons. The van der Waals surface area contributed by atoms with Crippen LogP contribution in [0.15, 0.2) is 18.2 Å². The van der Waals surface area contributed by atoms with Crippen molar-refractivity contribution in [3.8, 4) is 5.75 Å². The van der Waals surface area contributed by atoms with E-state index in [0.717, 1.165) is 37.4 Å². The van der Waals surface area contributed by atoms with Crippen LogP contribution < -0.4 is 15.4 Å². The predicted octanol–water partition coefficient (Wildman–Crippen LogP) is 2.27. The van der Waals surface area contributed by atoms with Gasteiger partial charge < -0.3 is 15.4 Å². The minimum absolute atomic E-state index is 0.107. The van der Waals surface area contributed by atoms with Gasteiger partial charge in [0.05, 0.1) is 5.69 Å². The van der Waals surface area contributed by atoms with Crippen LogP contribution >= 0.6 is 0 Å². The molecule has 0 spiro atoms. The molecule has 1 atom stereocenters. The quantitative estimate of drug-likeness (QED) is 0.893. The Morgan fingerprint density at radius 3 is 3.06 bits per heavy atom. The average Bonchev–Trinajstić information content (AvgIpc) is 2.37. The maximum atomic E-state index is 12.2. The van der Waals surface area contributed by atoms with Crippen LogP contribution in [0.2, 0.25) is 0 Å². The van der Waals surface area contributed by atoms with Gasteiger partial charge in [-0.3, -0.25) is 0 Å². The van der Waals surface area contributed by atoms with E-state index in [9.17, 15) is 4.39 Å². The van der Waals surface area contributed by atoms with E-state index in [4.69, 9.17) is 10.5 Å². The molecule has 0 aliphatic carbocycles. The second-order valence-electron chi connectivity index (χ2n) is 4.86. The SMILES string of the molecule is Cc1ccc(OCCF)c(N2CCCC(N)C2)c1. The van der Waals surface area contributed by atoms with Crippen LogP contribution in [0.5, 0.6) is 5.75 Å². The molecule has 1 heterocycles.